The van der Waals surface area contributed by atoms with E-state index in [1.165, 1.54) is 36.0 Å². The van der Waals surface area contributed by atoms with Crippen LogP contribution in [0.3, 0.4) is 0 Å². The van der Waals surface area contributed by atoms with Crippen LogP contribution in [0.15, 0.2) is 59.8 Å². The molecule has 1 fully saturated rings. The number of hydrogen-bond acceptors (Lipinski definition) is 7. The van der Waals surface area contributed by atoms with Gasteiger partial charge in [0.05, 0.1) is 37.5 Å². The van der Waals surface area contributed by atoms with Crippen LogP contribution in [0.2, 0.25) is 0 Å². The van der Waals surface area contributed by atoms with Gasteiger partial charge in [0.25, 0.3) is 0 Å². The molecule has 0 radical (unpaired) electrons. The molecule has 2 heterocycles. The van der Waals surface area contributed by atoms with Crippen molar-refractivity contribution in [1.82, 2.24) is 19.7 Å². The SMILES string of the molecule is CS(=O)(=O)N(Cc1nnc(SCC(=O)N2CCOCC2)n1-c1ccccc1)c1ccc(F)cc1. The molecule has 0 aliphatic carbocycles. The second-order valence-electron chi connectivity index (χ2n) is 7.60. The quantitative estimate of drug-likeness (QED) is 0.434. The lowest BCUT2D eigenvalue weighted by Gasteiger charge is -2.26. The summed E-state index contributed by atoms with van der Waals surface area (Å²) in [5.41, 5.74) is 1.04. The Bertz CT molecular complexity index is 1230. The minimum Gasteiger partial charge on any atom is -0.378 e. The number of morpholine rings is 1. The predicted molar refractivity (Wildman–Crippen MR) is 127 cm³/mol. The zero-order valence-electron chi connectivity index (χ0n) is 18.5. The fourth-order valence-electron chi connectivity index (χ4n) is 3.50. The number of para-hydroxylation sites is 1. The first-order valence-corrected chi connectivity index (χ1v) is 13.4. The third-order valence-corrected chi connectivity index (χ3v) is 7.26. The Balaban J connectivity index is 1.63. The molecular formula is C22H24FN5O4S2. The van der Waals surface area contributed by atoms with E-state index in [9.17, 15) is 17.6 Å². The number of thioether (sulfide) groups is 1. The van der Waals surface area contributed by atoms with Crippen molar-refractivity contribution in [2.24, 2.45) is 0 Å². The maximum atomic E-state index is 13.4. The average molecular weight is 506 g/mol. The number of aromatic nitrogens is 3. The number of amides is 1. The van der Waals surface area contributed by atoms with Crippen LogP contribution in [-0.4, -0.2) is 72.3 Å². The molecule has 2 aromatic carbocycles. The van der Waals surface area contributed by atoms with Gasteiger partial charge in [-0.1, -0.05) is 30.0 Å². The summed E-state index contributed by atoms with van der Waals surface area (Å²) in [6.07, 6.45) is 1.08. The third-order valence-electron chi connectivity index (χ3n) is 5.20. The molecule has 180 valence electrons. The fourth-order valence-corrected chi connectivity index (χ4v) is 5.23. The summed E-state index contributed by atoms with van der Waals surface area (Å²) in [4.78, 5) is 14.4. The maximum absolute atomic E-state index is 13.4. The van der Waals surface area contributed by atoms with Crippen molar-refractivity contribution in [2.45, 2.75) is 11.7 Å². The van der Waals surface area contributed by atoms with Crippen molar-refractivity contribution >= 4 is 33.4 Å². The Morgan fingerprint density at radius 2 is 1.76 bits per heavy atom. The van der Waals surface area contributed by atoms with Gasteiger partial charge in [0, 0.05) is 18.8 Å². The molecule has 0 N–H and O–H groups in total. The van der Waals surface area contributed by atoms with Crippen LogP contribution in [0, 0.1) is 5.82 Å². The summed E-state index contributed by atoms with van der Waals surface area (Å²) >= 11 is 1.24. The molecule has 1 aromatic heterocycles. The van der Waals surface area contributed by atoms with E-state index in [1.807, 2.05) is 30.3 Å². The van der Waals surface area contributed by atoms with E-state index < -0.39 is 15.8 Å². The molecule has 0 unspecified atom stereocenters. The lowest BCUT2D eigenvalue weighted by atomic mass is 10.3. The smallest absolute Gasteiger partial charge is 0.233 e. The number of ether oxygens (including phenoxy) is 1. The molecule has 0 spiro atoms. The number of anilines is 1. The van der Waals surface area contributed by atoms with E-state index >= 15 is 0 Å². The van der Waals surface area contributed by atoms with Crippen molar-refractivity contribution in [3.63, 3.8) is 0 Å². The Labute approximate surface area is 201 Å². The van der Waals surface area contributed by atoms with Gasteiger partial charge >= 0.3 is 0 Å². The first-order valence-electron chi connectivity index (χ1n) is 10.5. The summed E-state index contributed by atoms with van der Waals surface area (Å²) in [6, 6.07) is 14.5. The molecule has 1 aliphatic heterocycles. The third kappa shape index (κ3) is 5.75. The topological polar surface area (TPSA) is 97.6 Å². The number of hydrogen-bond donors (Lipinski definition) is 0. The van der Waals surface area contributed by atoms with Crippen LogP contribution < -0.4 is 4.31 Å². The monoisotopic (exact) mass is 505 g/mol. The Hall–Kier alpha value is -2.96. The van der Waals surface area contributed by atoms with Crippen molar-refractivity contribution in [3.05, 3.63) is 66.2 Å². The van der Waals surface area contributed by atoms with E-state index in [2.05, 4.69) is 10.2 Å². The van der Waals surface area contributed by atoms with Crippen LogP contribution in [-0.2, 0) is 26.1 Å². The second kappa shape index (κ2) is 10.5. The summed E-state index contributed by atoms with van der Waals surface area (Å²) in [7, 11) is -3.71. The van der Waals surface area contributed by atoms with Crippen molar-refractivity contribution in [3.8, 4) is 5.69 Å². The van der Waals surface area contributed by atoms with Gasteiger partial charge in [0.2, 0.25) is 15.9 Å². The molecule has 0 atom stereocenters. The number of sulfonamides is 1. The Morgan fingerprint density at radius 3 is 2.41 bits per heavy atom. The van der Waals surface area contributed by atoms with Crippen LogP contribution in [0.1, 0.15) is 5.82 Å². The highest BCUT2D eigenvalue weighted by molar-refractivity contribution is 7.99. The van der Waals surface area contributed by atoms with Crippen LogP contribution in [0.5, 0.6) is 0 Å². The molecule has 4 rings (SSSR count). The van der Waals surface area contributed by atoms with Gasteiger partial charge in [0.15, 0.2) is 11.0 Å². The number of rotatable bonds is 8. The van der Waals surface area contributed by atoms with E-state index in [0.717, 1.165) is 16.2 Å². The molecule has 0 bridgehead atoms. The highest BCUT2D eigenvalue weighted by atomic mass is 32.2. The molecule has 0 saturated carbocycles. The van der Waals surface area contributed by atoms with Crippen LogP contribution >= 0.6 is 11.8 Å². The zero-order valence-corrected chi connectivity index (χ0v) is 20.1. The van der Waals surface area contributed by atoms with Gasteiger partial charge in [-0.15, -0.1) is 10.2 Å². The van der Waals surface area contributed by atoms with Crippen molar-refractivity contribution in [2.75, 3.05) is 42.6 Å². The van der Waals surface area contributed by atoms with Crippen molar-refractivity contribution < 1.29 is 22.3 Å². The minimum absolute atomic E-state index is 0.0264. The van der Waals surface area contributed by atoms with Crippen LogP contribution in [0.25, 0.3) is 5.69 Å². The summed E-state index contributed by atoms with van der Waals surface area (Å²) in [5.74, 6) is 0.0377. The fraction of sp³-hybridized carbons (Fsp3) is 0.318. The van der Waals surface area contributed by atoms with Gasteiger partial charge in [-0.25, -0.2) is 12.8 Å². The molecule has 34 heavy (non-hydrogen) atoms. The van der Waals surface area contributed by atoms with Gasteiger partial charge in [-0.3, -0.25) is 13.7 Å². The molecule has 1 amide bonds. The van der Waals surface area contributed by atoms with E-state index in [1.54, 1.807) is 9.47 Å². The molecule has 1 saturated heterocycles. The number of halogens is 1. The predicted octanol–water partition coefficient (Wildman–Crippen LogP) is 2.32. The van der Waals surface area contributed by atoms with E-state index in [0.29, 0.717) is 43.0 Å². The minimum atomic E-state index is -3.71. The average Bonchev–Trinajstić information content (AvgIpc) is 3.24. The molecular weight excluding hydrogens is 481 g/mol. The molecule has 3 aromatic rings. The Morgan fingerprint density at radius 1 is 1.09 bits per heavy atom. The standard InChI is InChI=1S/C22H24FN5O4S2/c1-34(30,31)27(18-9-7-17(23)8-10-18)15-20-24-25-22(28(20)19-5-3-2-4-6-19)33-16-21(29)26-11-13-32-14-12-26/h2-10H,11-16H2,1H3. The molecule has 12 heteroatoms. The first-order chi connectivity index (χ1) is 16.3. The number of benzene rings is 2. The first kappa shape index (κ1) is 24.2. The summed E-state index contributed by atoms with van der Waals surface area (Å²) < 4.78 is 46.7. The maximum Gasteiger partial charge on any atom is 0.233 e. The zero-order chi connectivity index (χ0) is 24.1. The lowest BCUT2D eigenvalue weighted by molar-refractivity contribution is -0.132. The second-order valence-corrected chi connectivity index (χ2v) is 10.4. The highest BCUT2D eigenvalue weighted by Gasteiger charge is 2.24. The number of carbonyl (C=O) groups excluding carboxylic acids is 1. The van der Waals surface area contributed by atoms with Gasteiger partial charge in [-0.2, -0.15) is 0 Å². The highest BCUT2D eigenvalue weighted by Crippen LogP contribution is 2.26. The van der Waals surface area contributed by atoms with Crippen molar-refractivity contribution in [1.29, 1.82) is 0 Å². The normalized spacial score (nSPS) is 14.2. The van der Waals surface area contributed by atoms with Crippen LogP contribution in [0.4, 0.5) is 10.1 Å². The van der Waals surface area contributed by atoms with Gasteiger partial charge in [-0.05, 0) is 36.4 Å². The molecule has 1 aliphatic rings. The van der Waals surface area contributed by atoms with Gasteiger partial charge in [0.1, 0.15) is 5.82 Å². The van der Waals surface area contributed by atoms with E-state index in [-0.39, 0.29) is 18.2 Å². The lowest BCUT2D eigenvalue weighted by Crippen LogP contribution is -2.41. The van der Waals surface area contributed by atoms with E-state index in [4.69, 9.17) is 4.74 Å². The number of carbonyl (C=O) groups is 1. The largest absolute Gasteiger partial charge is 0.378 e. The molecule has 9 nitrogen and oxygen atoms in total. The summed E-state index contributed by atoms with van der Waals surface area (Å²) in [6.45, 7) is 2.02. The van der Waals surface area contributed by atoms with Gasteiger partial charge < -0.3 is 9.64 Å². The number of nitrogens with zero attached hydrogens (tertiary/aromatic N) is 5. The Kier molecular flexibility index (Phi) is 7.49. The summed E-state index contributed by atoms with van der Waals surface area (Å²) in [5, 5.41) is 8.97.